The maximum absolute atomic E-state index is 12.7. The molecular weight excluding hydrogens is 412 g/mol. The number of sulfonamides is 1. The third-order valence-corrected chi connectivity index (χ3v) is 7.08. The van der Waals surface area contributed by atoms with Gasteiger partial charge in [0.25, 0.3) is 0 Å². The summed E-state index contributed by atoms with van der Waals surface area (Å²) in [4.78, 5) is 15.0. The monoisotopic (exact) mass is 442 g/mol. The van der Waals surface area contributed by atoms with Gasteiger partial charge in [0.1, 0.15) is 11.5 Å². The van der Waals surface area contributed by atoms with Crippen LogP contribution in [-0.4, -0.2) is 42.0 Å². The fourth-order valence-corrected chi connectivity index (χ4v) is 5.24. The van der Waals surface area contributed by atoms with Gasteiger partial charge in [0.15, 0.2) is 0 Å². The van der Waals surface area contributed by atoms with Gasteiger partial charge in [0.05, 0.1) is 10.3 Å². The maximum atomic E-state index is 12.7. The first-order valence-corrected chi connectivity index (χ1v) is 12.1. The molecule has 8 nitrogen and oxygen atoms in total. The molecule has 166 valence electrons. The Bertz CT molecular complexity index is 1170. The van der Waals surface area contributed by atoms with Crippen molar-refractivity contribution in [3.05, 3.63) is 36.5 Å². The zero-order valence-electron chi connectivity index (χ0n) is 18.4. The van der Waals surface area contributed by atoms with E-state index in [-0.39, 0.29) is 4.90 Å². The van der Waals surface area contributed by atoms with E-state index < -0.39 is 15.6 Å². The van der Waals surface area contributed by atoms with Crippen LogP contribution in [0.3, 0.4) is 0 Å². The van der Waals surface area contributed by atoms with E-state index in [9.17, 15) is 8.42 Å². The lowest BCUT2D eigenvalue weighted by atomic mass is 9.99. The lowest BCUT2D eigenvalue weighted by molar-refractivity contribution is 0.437. The highest BCUT2D eigenvalue weighted by molar-refractivity contribution is 7.89. The lowest BCUT2D eigenvalue weighted by Gasteiger charge is -2.31. The molecule has 0 saturated carbocycles. The summed E-state index contributed by atoms with van der Waals surface area (Å²) in [6, 6.07) is 8.69. The van der Waals surface area contributed by atoms with E-state index in [1.54, 1.807) is 24.3 Å². The van der Waals surface area contributed by atoms with Crippen molar-refractivity contribution in [1.29, 1.82) is 0 Å². The number of nitrogens with zero attached hydrogens (tertiary/aromatic N) is 3. The molecule has 1 fully saturated rings. The van der Waals surface area contributed by atoms with Crippen LogP contribution in [0, 0.1) is 5.92 Å². The zero-order valence-corrected chi connectivity index (χ0v) is 19.3. The molecule has 1 aromatic carbocycles. The fourth-order valence-electron chi connectivity index (χ4n) is 3.77. The van der Waals surface area contributed by atoms with Gasteiger partial charge in [0.2, 0.25) is 16.0 Å². The average Bonchev–Trinajstić information content (AvgIpc) is 3.15. The summed E-state index contributed by atoms with van der Waals surface area (Å²) in [7, 11) is -3.63. The summed E-state index contributed by atoms with van der Waals surface area (Å²) in [6.45, 7) is 9.65. The van der Waals surface area contributed by atoms with Gasteiger partial charge in [-0.2, -0.15) is 9.97 Å². The number of fused-ring (bicyclic) bond motifs is 1. The van der Waals surface area contributed by atoms with E-state index in [1.165, 1.54) is 0 Å². The number of H-pyrrole nitrogens is 1. The molecule has 1 saturated heterocycles. The molecule has 3 aromatic rings. The predicted octanol–water partition coefficient (Wildman–Crippen LogP) is 4.01. The number of piperidine rings is 1. The van der Waals surface area contributed by atoms with Crippen molar-refractivity contribution in [3.8, 4) is 0 Å². The highest BCUT2D eigenvalue weighted by atomic mass is 32.2. The van der Waals surface area contributed by atoms with Gasteiger partial charge in [-0.3, -0.25) is 0 Å². The quantitative estimate of drug-likeness (QED) is 0.552. The number of benzene rings is 1. The van der Waals surface area contributed by atoms with Crippen LogP contribution >= 0.6 is 0 Å². The Labute approximate surface area is 183 Å². The molecule has 0 bridgehead atoms. The van der Waals surface area contributed by atoms with Gasteiger partial charge in [0, 0.05) is 30.5 Å². The summed E-state index contributed by atoms with van der Waals surface area (Å²) in [5.41, 5.74) is 0.801. The molecule has 1 aliphatic rings. The SMILES string of the molecule is CC1CCN(c2nc(Nc3cccc(S(=O)(=O)NC(C)(C)C)c3)nc3[nH]ccc23)CC1. The Kier molecular flexibility index (Phi) is 5.65. The number of nitrogens with one attached hydrogen (secondary N) is 3. The first-order valence-electron chi connectivity index (χ1n) is 10.6. The smallest absolute Gasteiger partial charge is 0.241 e. The van der Waals surface area contributed by atoms with E-state index in [0.29, 0.717) is 11.6 Å². The van der Waals surface area contributed by atoms with Crippen molar-refractivity contribution in [2.24, 2.45) is 5.92 Å². The molecule has 0 spiro atoms. The minimum Gasteiger partial charge on any atom is -0.356 e. The minimum atomic E-state index is -3.63. The Balaban J connectivity index is 1.64. The topological polar surface area (TPSA) is 103 Å². The molecule has 0 amide bonds. The summed E-state index contributed by atoms with van der Waals surface area (Å²) >= 11 is 0. The number of hydrogen-bond donors (Lipinski definition) is 3. The molecule has 0 radical (unpaired) electrons. The number of rotatable bonds is 5. The van der Waals surface area contributed by atoms with E-state index in [0.717, 1.165) is 48.7 Å². The van der Waals surface area contributed by atoms with E-state index in [1.807, 2.05) is 33.0 Å². The second-order valence-electron chi connectivity index (χ2n) is 9.29. The van der Waals surface area contributed by atoms with Crippen LogP contribution in [0.1, 0.15) is 40.5 Å². The van der Waals surface area contributed by atoms with Crippen LogP contribution in [-0.2, 0) is 10.0 Å². The second kappa shape index (κ2) is 8.12. The van der Waals surface area contributed by atoms with Crippen LogP contribution in [0.25, 0.3) is 11.0 Å². The molecule has 3 heterocycles. The largest absolute Gasteiger partial charge is 0.356 e. The molecule has 31 heavy (non-hydrogen) atoms. The molecule has 0 atom stereocenters. The third kappa shape index (κ3) is 4.99. The molecule has 4 rings (SSSR count). The third-order valence-electron chi connectivity index (χ3n) is 5.32. The van der Waals surface area contributed by atoms with Gasteiger partial charge >= 0.3 is 0 Å². The standard InChI is InChI=1S/C22H30N6O2S/c1-15-9-12-28(13-10-15)20-18-8-11-23-19(18)25-21(26-20)24-16-6-5-7-17(14-16)31(29,30)27-22(2,3)4/h5-8,11,14-15,27H,9-10,12-13H2,1-4H3,(H2,23,24,25,26). The van der Waals surface area contributed by atoms with Crippen molar-refractivity contribution >= 4 is 38.5 Å². The van der Waals surface area contributed by atoms with Crippen LogP contribution in [0.5, 0.6) is 0 Å². The molecule has 0 aliphatic carbocycles. The summed E-state index contributed by atoms with van der Waals surface area (Å²) in [5, 5.41) is 4.18. The van der Waals surface area contributed by atoms with Crippen molar-refractivity contribution in [2.45, 2.75) is 51.0 Å². The van der Waals surface area contributed by atoms with E-state index >= 15 is 0 Å². The molecule has 0 unspecified atom stereocenters. The van der Waals surface area contributed by atoms with Gasteiger partial charge in [-0.25, -0.2) is 13.1 Å². The van der Waals surface area contributed by atoms with Crippen LogP contribution in [0.15, 0.2) is 41.4 Å². The lowest BCUT2D eigenvalue weighted by Crippen LogP contribution is -2.40. The Morgan fingerprint density at radius 1 is 1.13 bits per heavy atom. The highest BCUT2D eigenvalue weighted by Gasteiger charge is 2.23. The minimum absolute atomic E-state index is 0.193. The summed E-state index contributed by atoms with van der Waals surface area (Å²) in [6.07, 6.45) is 4.14. The fraction of sp³-hybridized carbons (Fsp3) is 0.455. The average molecular weight is 443 g/mol. The van der Waals surface area contributed by atoms with Gasteiger partial charge in [-0.15, -0.1) is 0 Å². The Hall–Kier alpha value is -2.65. The summed E-state index contributed by atoms with van der Waals surface area (Å²) in [5.74, 6) is 2.06. The van der Waals surface area contributed by atoms with Crippen molar-refractivity contribution < 1.29 is 8.42 Å². The van der Waals surface area contributed by atoms with Crippen molar-refractivity contribution in [2.75, 3.05) is 23.3 Å². The molecule has 3 N–H and O–H groups in total. The normalized spacial score (nSPS) is 16.1. The number of anilines is 3. The van der Waals surface area contributed by atoms with Crippen LogP contribution in [0.2, 0.25) is 0 Å². The Morgan fingerprint density at radius 2 is 1.87 bits per heavy atom. The van der Waals surface area contributed by atoms with Gasteiger partial charge < -0.3 is 15.2 Å². The van der Waals surface area contributed by atoms with E-state index in [2.05, 4.69) is 31.8 Å². The maximum Gasteiger partial charge on any atom is 0.241 e. The second-order valence-corrected chi connectivity index (χ2v) is 11.0. The van der Waals surface area contributed by atoms with Crippen molar-refractivity contribution in [1.82, 2.24) is 19.7 Å². The molecule has 2 aromatic heterocycles. The van der Waals surface area contributed by atoms with E-state index in [4.69, 9.17) is 4.98 Å². The Morgan fingerprint density at radius 3 is 2.58 bits per heavy atom. The van der Waals surface area contributed by atoms with Crippen LogP contribution < -0.4 is 14.9 Å². The number of hydrogen-bond acceptors (Lipinski definition) is 6. The molecular formula is C22H30N6O2S. The first-order chi connectivity index (χ1) is 14.6. The molecule has 1 aliphatic heterocycles. The van der Waals surface area contributed by atoms with Gasteiger partial charge in [-0.1, -0.05) is 13.0 Å². The number of aromatic nitrogens is 3. The van der Waals surface area contributed by atoms with Crippen LogP contribution in [0.4, 0.5) is 17.5 Å². The highest BCUT2D eigenvalue weighted by Crippen LogP contribution is 2.29. The van der Waals surface area contributed by atoms with Gasteiger partial charge in [-0.05, 0) is 63.8 Å². The summed E-state index contributed by atoms with van der Waals surface area (Å²) < 4.78 is 28.1. The predicted molar refractivity (Wildman–Crippen MR) is 124 cm³/mol. The first kappa shape index (κ1) is 21.6. The molecule has 9 heteroatoms. The number of aromatic amines is 1. The zero-order chi connectivity index (χ0) is 22.2. The van der Waals surface area contributed by atoms with Crippen molar-refractivity contribution in [3.63, 3.8) is 0 Å².